The van der Waals surface area contributed by atoms with Gasteiger partial charge in [0, 0.05) is 30.6 Å². The normalized spacial score (nSPS) is 20.0. The maximum atomic E-state index is 6.15. The third-order valence-electron chi connectivity index (χ3n) is 4.02. The maximum absolute atomic E-state index is 6.15. The van der Waals surface area contributed by atoms with Gasteiger partial charge < -0.3 is 10.1 Å². The fourth-order valence-corrected chi connectivity index (χ4v) is 3.72. The zero-order valence-electron chi connectivity index (χ0n) is 12.1. The molecule has 1 aromatic carbocycles. The van der Waals surface area contributed by atoms with Gasteiger partial charge in [0.05, 0.1) is 6.61 Å². The molecule has 0 aliphatic heterocycles. The number of methoxy groups -OCH3 is 1. The van der Waals surface area contributed by atoms with E-state index in [1.165, 1.54) is 18.4 Å². The summed E-state index contributed by atoms with van der Waals surface area (Å²) >= 11 is 6.15. The number of nitrogens with one attached hydrogen (secondary N) is 1. The van der Waals surface area contributed by atoms with Gasteiger partial charge in [-0.1, -0.05) is 37.6 Å². The summed E-state index contributed by atoms with van der Waals surface area (Å²) in [5, 5.41) is 4.35. The van der Waals surface area contributed by atoms with E-state index >= 15 is 0 Å². The van der Waals surface area contributed by atoms with Crippen molar-refractivity contribution in [3.63, 3.8) is 0 Å². The average Bonchev–Trinajstić information content (AvgIpc) is 2.32. The van der Waals surface area contributed by atoms with E-state index in [9.17, 15) is 0 Å². The number of halogens is 1. The minimum atomic E-state index is 0.238. The Balaban J connectivity index is 2.08. The second-order valence-corrected chi connectivity index (χ2v) is 6.91. The Morgan fingerprint density at radius 2 is 2.05 bits per heavy atom. The van der Waals surface area contributed by atoms with Crippen LogP contribution in [0, 0.1) is 5.41 Å². The van der Waals surface area contributed by atoms with Crippen molar-refractivity contribution in [1.29, 1.82) is 0 Å². The van der Waals surface area contributed by atoms with Crippen LogP contribution in [0.25, 0.3) is 0 Å². The summed E-state index contributed by atoms with van der Waals surface area (Å²) in [6, 6.07) is 8.33. The van der Waals surface area contributed by atoms with Gasteiger partial charge in [0.25, 0.3) is 0 Å². The number of benzene rings is 1. The number of ether oxygens (including phenoxy) is 1. The Kier molecular flexibility index (Phi) is 4.54. The van der Waals surface area contributed by atoms with Crippen LogP contribution in [0.4, 0.5) is 0 Å². The lowest BCUT2D eigenvalue weighted by atomic mass is 9.52. The van der Waals surface area contributed by atoms with Crippen LogP contribution in [0.3, 0.4) is 0 Å². The van der Waals surface area contributed by atoms with Crippen molar-refractivity contribution in [2.45, 2.75) is 32.1 Å². The summed E-state index contributed by atoms with van der Waals surface area (Å²) in [5.74, 6) is 0. The molecule has 0 aromatic heterocycles. The van der Waals surface area contributed by atoms with Crippen molar-refractivity contribution in [1.82, 2.24) is 5.32 Å². The molecule has 0 saturated heterocycles. The first-order valence-corrected chi connectivity index (χ1v) is 7.31. The summed E-state index contributed by atoms with van der Waals surface area (Å²) < 4.78 is 5.09. The predicted molar refractivity (Wildman–Crippen MR) is 80.9 cm³/mol. The van der Waals surface area contributed by atoms with Crippen LogP contribution < -0.4 is 5.32 Å². The molecule has 0 amide bonds. The molecule has 0 spiro atoms. The molecule has 0 heterocycles. The highest BCUT2D eigenvalue weighted by molar-refractivity contribution is 6.30. The number of hydrogen-bond acceptors (Lipinski definition) is 2. The number of hydrogen-bond donors (Lipinski definition) is 1. The molecule has 0 atom stereocenters. The van der Waals surface area contributed by atoms with E-state index in [4.69, 9.17) is 16.3 Å². The van der Waals surface area contributed by atoms with Crippen LogP contribution in [0.2, 0.25) is 5.02 Å². The van der Waals surface area contributed by atoms with Crippen molar-refractivity contribution in [3.8, 4) is 0 Å². The minimum absolute atomic E-state index is 0.238. The molecule has 3 heteroatoms. The summed E-state index contributed by atoms with van der Waals surface area (Å²) in [7, 11) is 1.74. The van der Waals surface area contributed by atoms with Crippen molar-refractivity contribution < 1.29 is 4.74 Å². The molecular weight excluding hydrogens is 258 g/mol. The summed E-state index contributed by atoms with van der Waals surface area (Å²) in [6.07, 6.45) is 2.42. The van der Waals surface area contributed by atoms with Gasteiger partial charge in [-0.15, -0.1) is 0 Å². The SMILES string of the molecule is COCCNCC1(c2cccc(Cl)c2)CC(C)(C)C1. The lowest BCUT2D eigenvalue weighted by molar-refractivity contribution is 0.0548. The topological polar surface area (TPSA) is 21.3 Å². The quantitative estimate of drug-likeness (QED) is 0.804. The lowest BCUT2D eigenvalue weighted by Crippen LogP contribution is -2.52. The highest BCUT2D eigenvalue weighted by Gasteiger charge is 2.49. The Labute approximate surface area is 121 Å². The fourth-order valence-electron chi connectivity index (χ4n) is 3.53. The lowest BCUT2D eigenvalue weighted by Gasteiger charge is -2.54. The molecule has 0 bridgehead atoms. The smallest absolute Gasteiger partial charge is 0.0587 e. The molecule has 1 fully saturated rings. The standard InChI is InChI=1S/C16H24ClNO/c1-15(2)10-16(11-15,12-18-7-8-19-3)13-5-4-6-14(17)9-13/h4-6,9,18H,7-8,10-12H2,1-3H3. The van der Waals surface area contributed by atoms with Gasteiger partial charge >= 0.3 is 0 Å². The molecule has 1 aliphatic rings. The largest absolute Gasteiger partial charge is 0.383 e. The Hall–Kier alpha value is -0.570. The van der Waals surface area contributed by atoms with E-state index in [-0.39, 0.29) is 5.41 Å². The summed E-state index contributed by atoms with van der Waals surface area (Å²) in [6.45, 7) is 7.34. The van der Waals surface area contributed by atoms with Crippen LogP contribution in [-0.2, 0) is 10.2 Å². The third kappa shape index (κ3) is 3.50. The predicted octanol–water partition coefficient (Wildman–Crippen LogP) is 3.63. The number of rotatable bonds is 6. The molecule has 2 nitrogen and oxygen atoms in total. The van der Waals surface area contributed by atoms with Crippen molar-refractivity contribution in [3.05, 3.63) is 34.9 Å². The van der Waals surface area contributed by atoms with Gasteiger partial charge in [-0.2, -0.15) is 0 Å². The van der Waals surface area contributed by atoms with E-state index in [1.54, 1.807) is 7.11 Å². The van der Waals surface area contributed by atoms with Crippen molar-refractivity contribution in [2.24, 2.45) is 5.41 Å². The third-order valence-corrected chi connectivity index (χ3v) is 4.25. The molecule has 2 rings (SSSR count). The second-order valence-electron chi connectivity index (χ2n) is 6.48. The highest BCUT2D eigenvalue weighted by Crippen LogP contribution is 2.55. The van der Waals surface area contributed by atoms with E-state index in [2.05, 4.69) is 37.4 Å². The fraction of sp³-hybridized carbons (Fsp3) is 0.625. The first kappa shape index (κ1) is 14.8. The monoisotopic (exact) mass is 281 g/mol. The zero-order chi connectivity index (χ0) is 13.9. The molecule has 1 saturated carbocycles. The Bertz CT molecular complexity index is 423. The van der Waals surface area contributed by atoms with Gasteiger partial charge in [-0.05, 0) is 36.0 Å². The zero-order valence-corrected chi connectivity index (χ0v) is 12.9. The van der Waals surface area contributed by atoms with Crippen LogP contribution in [0.15, 0.2) is 24.3 Å². The molecule has 0 radical (unpaired) electrons. The molecule has 1 N–H and O–H groups in total. The molecular formula is C16H24ClNO. The molecule has 19 heavy (non-hydrogen) atoms. The van der Waals surface area contributed by atoms with E-state index in [1.807, 2.05) is 6.07 Å². The van der Waals surface area contributed by atoms with Gasteiger partial charge in [0.15, 0.2) is 0 Å². The van der Waals surface area contributed by atoms with Gasteiger partial charge in [-0.25, -0.2) is 0 Å². The molecule has 0 unspecified atom stereocenters. The van der Waals surface area contributed by atoms with Crippen LogP contribution in [-0.4, -0.2) is 26.8 Å². The molecule has 106 valence electrons. The maximum Gasteiger partial charge on any atom is 0.0587 e. The first-order valence-electron chi connectivity index (χ1n) is 6.93. The summed E-state index contributed by atoms with van der Waals surface area (Å²) in [4.78, 5) is 0. The van der Waals surface area contributed by atoms with Crippen LogP contribution in [0.1, 0.15) is 32.3 Å². The summed E-state index contributed by atoms with van der Waals surface area (Å²) in [5.41, 5.74) is 2.04. The molecule has 1 aliphatic carbocycles. The molecule has 1 aromatic rings. The van der Waals surface area contributed by atoms with Crippen molar-refractivity contribution >= 4 is 11.6 Å². The van der Waals surface area contributed by atoms with Crippen molar-refractivity contribution in [2.75, 3.05) is 26.8 Å². The van der Waals surface area contributed by atoms with Gasteiger partial charge in [-0.3, -0.25) is 0 Å². The Morgan fingerprint density at radius 1 is 1.32 bits per heavy atom. The van der Waals surface area contributed by atoms with Gasteiger partial charge in [0.2, 0.25) is 0 Å². The second kappa shape index (κ2) is 5.82. The first-order chi connectivity index (χ1) is 8.97. The van der Waals surface area contributed by atoms with Gasteiger partial charge in [0.1, 0.15) is 0 Å². The van der Waals surface area contributed by atoms with E-state index < -0.39 is 0 Å². The highest BCUT2D eigenvalue weighted by atomic mass is 35.5. The average molecular weight is 282 g/mol. The van der Waals surface area contributed by atoms with E-state index in [0.29, 0.717) is 5.41 Å². The van der Waals surface area contributed by atoms with Crippen LogP contribution in [0.5, 0.6) is 0 Å². The van der Waals surface area contributed by atoms with E-state index in [0.717, 1.165) is 24.7 Å². The Morgan fingerprint density at radius 3 is 2.63 bits per heavy atom. The minimum Gasteiger partial charge on any atom is -0.383 e. The van der Waals surface area contributed by atoms with Crippen LogP contribution >= 0.6 is 11.6 Å².